The first-order valence-electron chi connectivity index (χ1n) is 6.31. The molecule has 0 saturated carbocycles. The molecule has 0 radical (unpaired) electrons. The normalized spacial score (nSPS) is 10.8. The Hall–Kier alpha value is -2.83. The molecule has 0 amide bonds. The third kappa shape index (κ3) is 2.03. The van der Waals surface area contributed by atoms with E-state index in [0.29, 0.717) is 28.7 Å². The summed E-state index contributed by atoms with van der Waals surface area (Å²) in [6, 6.07) is 5.58. The van der Waals surface area contributed by atoms with Gasteiger partial charge in [-0.1, -0.05) is 0 Å². The molecule has 0 saturated heterocycles. The van der Waals surface area contributed by atoms with E-state index in [1.54, 1.807) is 18.9 Å². The summed E-state index contributed by atoms with van der Waals surface area (Å²) < 4.78 is 12.2. The average molecular weight is 285 g/mol. The van der Waals surface area contributed by atoms with E-state index in [1.807, 2.05) is 25.2 Å². The van der Waals surface area contributed by atoms with E-state index in [0.717, 1.165) is 10.9 Å². The second-order valence-electron chi connectivity index (χ2n) is 4.50. The number of anilines is 1. The number of nitrogen functional groups attached to an aromatic ring is 1. The predicted molar refractivity (Wildman–Crippen MR) is 79.3 cm³/mol. The fraction of sp³-hybridized carbons (Fsp3) is 0.214. The molecule has 2 aromatic heterocycles. The number of benzene rings is 1. The number of rotatable bonds is 3. The molecule has 0 unspecified atom stereocenters. The van der Waals surface area contributed by atoms with Gasteiger partial charge in [0.2, 0.25) is 0 Å². The van der Waals surface area contributed by atoms with Crippen LogP contribution in [0.2, 0.25) is 0 Å². The van der Waals surface area contributed by atoms with Crippen molar-refractivity contribution in [2.24, 2.45) is 7.05 Å². The van der Waals surface area contributed by atoms with Gasteiger partial charge in [-0.25, -0.2) is 14.6 Å². The smallest absolute Gasteiger partial charge is 0.163 e. The number of nitrogens with zero attached hydrogens (tertiary/aromatic N) is 4. The summed E-state index contributed by atoms with van der Waals surface area (Å²) in [6.07, 6.45) is 1.43. The van der Waals surface area contributed by atoms with Crippen LogP contribution >= 0.6 is 0 Å². The topological polar surface area (TPSA) is 88.1 Å². The summed E-state index contributed by atoms with van der Waals surface area (Å²) in [4.78, 5) is 8.26. The second kappa shape index (κ2) is 4.93. The van der Waals surface area contributed by atoms with Gasteiger partial charge in [-0.15, -0.1) is 0 Å². The van der Waals surface area contributed by atoms with Gasteiger partial charge in [0.25, 0.3) is 0 Å². The molecule has 108 valence electrons. The number of ether oxygens (including phenoxy) is 2. The molecule has 2 heterocycles. The maximum absolute atomic E-state index is 5.97. The van der Waals surface area contributed by atoms with Crippen LogP contribution in [0, 0.1) is 0 Å². The molecule has 0 bridgehead atoms. The van der Waals surface area contributed by atoms with Gasteiger partial charge >= 0.3 is 0 Å². The first kappa shape index (κ1) is 13.2. The molecule has 2 N–H and O–H groups in total. The monoisotopic (exact) mass is 285 g/mol. The molecule has 0 aliphatic heterocycles. The van der Waals surface area contributed by atoms with Crippen molar-refractivity contribution < 1.29 is 9.47 Å². The number of methoxy groups -OCH3 is 2. The van der Waals surface area contributed by atoms with Crippen LogP contribution in [0.15, 0.2) is 24.5 Å². The Labute approximate surface area is 121 Å². The highest BCUT2D eigenvalue weighted by molar-refractivity contribution is 5.98. The van der Waals surface area contributed by atoms with Crippen molar-refractivity contribution in [1.29, 1.82) is 0 Å². The molecule has 7 nitrogen and oxygen atoms in total. The van der Waals surface area contributed by atoms with Crippen LogP contribution in [0.25, 0.3) is 22.3 Å². The zero-order chi connectivity index (χ0) is 15.0. The number of hydrogen-bond donors (Lipinski definition) is 1. The van der Waals surface area contributed by atoms with Crippen molar-refractivity contribution in [2.45, 2.75) is 0 Å². The zero-order valence-corrected chi connectivity index (χ0v) is 12.0. The predicted octanol–water partition coefficient (Wildman–Crippen LogP) is 1.63. The largest absolute Gasteiger partial charge is 0.493 e. The average Bonchev–Trinajstić information content (AvgIpc) is 2.85. The fourth-order valence-electron chi connectivity index (χ4n) is 2.29. The second-order valence-corrected chi connectivity index (χ2v) is 4.50. The SMILES string of the molecule is COc1ccc(-c2nn(C)c3ncnc(N)c23)cc1OC. The molecular formula is C14H15N5O2. The lowest BCUT2D eigenvalue weighted by molar-refractivity contribution is 0.355. The molecule has 0 fully saturated rings. The van der Waals surface area contributed by atoms with Crippen molar-refractivity contribution in [1.82, 2.24) is 19.7 Å². The molecule has 0 aliphatic carbocycles. The van der Waals surface area contributed by atoms with E-state index < -0.39 is 0 Å². The van der Waals surface area contributed by atoms with Crippen LogP contribution in [0.1, 0.15) is 0 Å². The van der Waals surface area contributed by atoms with Crippen LogP contribution in [-0.4, -0.2) is 34.0 Å². The quantitative estimate of drug-likeness (QED) is 0.787. The van der Waals surface area contributed by atoms with E-state index in [-0.39, 0.29) is 0 Å². The van der Waals surface area contributed by atoms with Crippen LogP contribution in [-0.2, 0) is 7.05 Å². The van der Waals surface area contributed by atoms with Crippen molar-refractivity contribution in [2.75, 3.05) is 20.0 Å². The third-order valence-corrected chi connectivity index (χ3v) is 3.31. The fourth-order valence-corrected chi connectivity index (χ4v) is 2.29. The standard InChI is InChI=1S/C14H15N5O2/c1-19-14-11(13(15)16-7-17-14)12(18-19)8-4-5-9(20-2)10(6-8)21-3/h4-7H,1-3H3,(H2,15,16,17). The summed E-state index contributed by atoms with van der Waals surface area (Å²) in [5.74, 6) is 1.69. The molecule has 0 atom stereocenters. The van der Waals surface area contributed by atoms with Crippen molar-refractivity contribution >= 4 is 16.9 Å². The first-order valence-corrected chi connectivity index (χ1v) is 6.31. The summed E-state index contributed by atoms with van der Waals surface area (Å²) >= 11 is 0. The van der Waals surface area contributed by atoms with Crippen LogP contribution in [0.3, 0.4) is 0 Å². The Bertz CT molecular complexity index is 812. The lowest BCUT2D eigenvalue weighted by Crippen LogP contribution is -1.95. The number of aryl methyl sites for hydroxylation is 1. The Balaban J connectivity index is 2.26. The van der Waals surface area contributed by atoms with Gasteiger partial charge in [0.05, 0.1) is 19.6 Å². The van der Waals surface area contributed by atoms with Gasteiger partial charge in [0.1, 0.15) is 17.8 Å². The highest BCUT2D eigenvalue weighted by Gasteiger charge is 2.16. The van der Waals surface area contributed by atoms with E-state index in [9.17, 15) is 0 Å². The molecule has 3 aromatic rings. The lowest BCUT2D eigenvalue weighted by Gasteiger charge is -2.08. The van der Waals surface area contributed by atoms with Crippen molar-refractivity contribution in [3.05, 3.63) is 24.5 Å². The van der Waals surface area contributed by atoms with Crippen LogP contribution < -0.4 is 15.2 Å². The van der Waals surface area contributed by atoms with Crippen LogP contribution in [0.4, 0.5) is 5.82 Å². The molecule has 0 aliphatic rings. The van der Waals surface area contributed by atoms with Gasteiger partial charge < -0.3 is 15.2 Å². The van der Waals surface area contributed by atoms with Gasteiger partial charge in [-0.2, -0.15) is 5.10 Å². The Morgan fingerprint density at radius 1 is 1.10 bits per heavy atom. The first-order chi connectivity index (χ1) is 10.2. The molecule has 1 aromatic carbocycles. The zero-order valence-electron chi connectivity index (χ0n) is 12.0. The highest BCUT2D eigenvalue weighted by Crippen LogP contribution is 2.35. The molecule has 0 spiro atoms. The van der Waals surface area contributed by atoms with E-state index in [4.69, 9.17) is 15.2 Å². The van der Waals surface area contributed by atoms with E-state index in [2.05, 4.69) is 15.1 Å². The minimum Gasteiger partial charge on any atom is -0.493 e. The van der Waals surface area contributed by atoms with Crippen molar-refractivity contribution in [3.8, 4) is 22.8 Å². The maximum atomic E-state index is 5.97. The highest BCUT2D eigenvalue weighted by atomic mass is 16.5. The summed E-state index contributed by atoms with van der Waals surface area (Å²) in [7, 11) is 5.01. The minimum atomic E-state index is 0.401. The van der Waals surface area contributed by atoms with Gasteiger partial charge in [-0.3, -0.25) is 0 Å². The number of hydrogen-bond acceptors (Lipinski definition) is 6. The minimum absolute atomic E-state index is 0.401. The van der Waals surface area contributed by atoms with E-state index >= 15 is 0 Å². The summed E-state index contributed by atoms with van der Waals surface area (Å²) in [5.41, 5.74) is 8.24. The molecule has 7 heteroatoms. The number of aromatic nitrogens is 4. The Morgan fingerprint density at radius 3 is 2.57 bits per heavy atom. The number of nitrogens with two attached hydrogens (primary N) is 1. The van der Waals surface area contributed by atoms with E-state index in [1.165, 1.54) is 6.33 Å². The molecule has 21 heavy (non-hydrogen) atoms. The lowest BCUT2D eigenvalue weighted by atomic mass is 10.1. The Kier molecular flexibility index (Phi) is 3.09. The van der Waals surface area contributed by atoms with Crippen LogP contribution in [0.5, 0.6) is 11.5 Å². The molecule has 3 rings (SSSR count). The summed E-state index contributed by atoms with van der Waals surface area (Å²) in [6.45, 7) is 0. The summed E-state index contributed by atoms with van der Waals surface area (Å²) in [5, 5.41) is 5.22. The number of fused-ring (bicyclic) bond motifs is 1. The Morgan fingerprint density at radius 2 is 1.86 bits per heavy atom. The van der Waals surface area contributed by atoms with Crippen molar-refractivity contribution in [3.63, 3.8) is 0 Å². The molecular weight excluding hydrogens is 270 g/mol. The third-order valence-electron chi connectivity index (χ3n) is 3.31. The van der Waals surface area contributed by atoms with Gasteiger partial charge in [0.15, 0.2) is 17.1 Å². The van der Waals surface area contributed by atoms with Gasteiger partial charge in [-0.05, 0) is 18.2 Å². The van der Waals surface area contributed by atoms with Gasteiger partial charge in [0, 0.05) is 12.6 Å². The maximum Gasteiger partial charge on any atom is 0.163 e.